The number of rotatable bonds is 6. The maximum absolute atomic E-state index is 11.1. The van der Waals surface area contributed by atoms with E-state index in [1.54, 1.807) is 0 Å². The summed E-state index contributed by atoms with van der Waals surface area (Å²) >= 11 is 0. The number of hydrogen-bond acceptors (Lipinski definition) is 4. The minimum Gasteiger partial charge on any atom is -0.461 e. The number of ether oxygens (including phenoxy) is 2. The fourth-order valence-corrected chi connectivity index (χ4v) is 2.52. The molecule has 0 N–H and O–H groups in total. The van der Waals surface area contributed by atoms with Gasteiger partial charge in [-0.3, -0.25) is 4.79 Å². The minimum atomic E-state index is -0.467. The van der Waals surface area contributed by atoms with Crippen molar-refractivity contribution in [3.05, 3.63) is 24.3 Å². The Kier molecular flexibility index (Phi) is 3.19. The quantitative estimate of drug-likeness (QED) is 0.448. The molecule has 0 radical (unpaired) electrons. The molecular formula is C15H19NO3. The molecule has 1 aromatic carbocycles. The number of para-hydroxylation sites is 2. The third kappa shape index (κ3) is 2.59. The molecule has 4 nitrogen and oxygen atoms in total. The van der Waals surface area contributed by atoms with Crippen LogP contribution in [0.3, 0.4) is 0 Å². The van der Waals surface area contributed by atoms with Crippen LogP contribution in [0.25, 0.3) is 0 Å². The van der Waals surface area contributed by atoms with Crippen molar-refractivity contribution < 1.29 is 14.3 Å². The summed E-state index contributed by atoms with van der Waals surface area (Å²) in [5, 5.41) is 0. The first kappa shape index (κ1) is 12.5. The standard InChI is InChI=1S/C15H19NO3/c1-15(11-18-15)8-4-5-9-16-12-6-2-3-7-13(12)19-14(16)10-17/h2-3,6-7,10,14H,4-5,8-9,11H2,1H3. The topological polar surface area (TPSA) is 42.1 Å². The van der Waals surface area contributed by atoms with Crippen LogP contribution in [-0.2, 0) is 9.53 Å². The smallest absolute Gasteiger partial charge is 0.229 e. The van der Waals surface area contributed by atoms with Crippen molar-refractivity contribution in [1.82, 2.24) is 0 Å². The predicted molar refractivity (Wildman–Crippen MR) is 72.5 cm³/mol. The molecule has 0 amide bonds. The number of anilines is 1. The van der Waals surface area contributed by atoms with E-state index in [0.29, 0.717) is 0 Å². The Hall–Kier alpha value is -1.55. The fraction of sp³-hybridized carbons (Fsp3) is 0.533. The first-order valence-electron chi connectivity index (χ1n) is 6.83. The van der Waals surface area contributed by atoms with E-state index < -0.39 is 6.23 Å². The highest BCUT2D eigenvalue weighted by Gasteiger charge is 2.38. The molecule has 2 heterocycles. The van der Waals surface area contributed by atoms with E-state index in [1.807, 2.05) is 29.2 Å². The predicted octanol–water partition coefficient (Wildman–Crippen LogP) is 2.37. The zero-order chi connectivity index (χ0) is 13.3. The first-order valence-corrected chi connectivity index (χ1v) is 6.83. The largest absolute Gasteiger partial charge is 0.461 e. The Morgan fingerprint density at radius 2 is 2.21 bits per heavy atom. The second-order valence-electron chi connectivity index (χ2n) is 5.50. The van der Waals surface area contributed by atoms with Gasteiger partial charge in [0.25, 0.3) is 0 Å². The molecule has 2 aliphatic heterocycles. The lowest BCUT2D eigenvalue weighted by Crippen LogP contribution is -2.36. The van der Waals surface area contributed by atoms with Gasteiger partial charge >= 0.3 is 0 Å². The summed E-state index contributed by atoms with van der Waals surface area (Å²) in [6, 6.07) is 7.81. The third-order valence-electron chi connectivity index (χ3n) is 3.84. The SMILES string of the molecule is CC1(CCCCN2c3ccccc3OC2C=O)CO1. The van der Waals surface area contributed by atoms with Crippen molar-refractivity contribution in [2.24, 2.45) is 0 Å². The van der Waals surface area contributed by atoms with Crippen molar-refractivity contribution in [3.8, 4) is 5.75 Å². The van der Waals surface area contributed by atoms with E-state index in [-0.39, 0.29) is 5.60 Å². The highest BCUT2D eigenvalue weighted by molar-refractivity contribution is 5.72. The van der Waals surface area contributed by atoms with Gasteiger partial charge in [-0.15, -0.1) is 0 Å². The lowest BCUT2D eigenvalue weighted by atomic mass is 10.1. The summed E-state index contributed by atoms with van der Waals surface area (Å²) in [6.07, 6.45) is 3.65. The zero-order valence-corrected chi connectivity index (χ0v) is 11.2. The van der Waals surface area contributed by atoms with E-state index in [4.69, 9.17) is 9.47 Å². The number of benzene rings is 1. The van der Waals surface area contributed by atoms with Gasteiger partial charge in [0.15, 0.2) is 6.29 Å². The Balaban J connectivity index is 1.57. The van der Waals surface area contributed by atoms with E-state index in [9.17, 15) is 4.79 Å². The normalized spacial score (nSPS) is 27.8. The molecular weight excluding hydrogens is 242 g/mol. The van der Waals surface area contributed by atoms with Crippen LogP contribution in [0.15, 0.2) is 24.3 Å². The van der Waals surface area contributed by atoms with Crippen LogP contribution >= 0.6 is 0 Å². The van der Waals surface area contributed by atoms with Gasteiger partial charge in [0.2, 0.25) is 6.23 Å². The Labute approximate surface area is 113 Å². The number of unbranched alkanes of at least 4 members (excludes halogenated alkanes) is 1. The molecule has 2 unspecified atom stereocenters. The number of hydrogen-bond donors (Lipinski definition) is 0. The van der Waals surface area contributed by atoms with E-state index in [2.05, 4.69) is 6.92 Å². The van der Waals surface area contributed by atoms with Gasteiger partial charge in [-0.1, -0.05) is 12.1 Å². The summed E-state index contributed by atoms with van der Waals surface area (Å²) < 4.78 is 11.0. The van der Waals surface area contributed by atoms with Crippen molar-refractivity contribution in [1.29, 1.82) is 0 Å². The zero-order valence-electron chi connectivity index (χ0n) is 11.2. The monoisotopic (exact) mass is 261 g/mol. The molecule has 1 saturated heterocycles. The third-order valence-corrected chi connectivity index (χ3v) is 3.84. The van der Waals surface area contributed by atoms with Crippen molar-refractivity contribution >= 4 is 12.0 Å². The average Bonchev–Trinajstić information content (AvgIpc) is 3.05. The number of epoxide rings is 1. The fourth-order valence-electron chi connectivity index (χ4n) is 2.52. The highest BCUT2D eigenvalue weighted by atomic mass is 16.6. The number of fused-ring (bicyclic) bond motifs is 1. The molecule has 0 aliphatic carbocycles. The van der Waals surface area contributed by atoms with Crippen LogP contribution in [0.4, 0.5) is 5.69 Å². The van der Waals surface area contributed by atoms with Crippen molar-refractivity contribution in [3.63, 3.8) is 0 Å². The first-order chi connectivity index (χ1) is 9.22. The molecule has 0 saturated carbocycles. The molecule has 1 aromatic rings. The van der Waals surface area contributed by atoms with Crippen molar-refractivity contribution in [2.75, 3.05) is 18.1 Å². The Morgan fingerprint density at radius 3 is 2.95 bits per heavy atom. The molecule has 1 fully saturated rings. The number of nitrogens with zero attached hydrogens (tertiary/aromatic N) is 1. The molecule has 19 heavy (non-hydrogen) atoms. The van der Waals surface area contributed by atoms with E-state index in [1.165, 1.54) is 0 Å². The molecule has 0 aromatic heterocycles. The second kappa shape index (κ2) is 4.85. The lowest BCUT2D eigenvalue weighted by molar-refractivity contribution is -0.113. The minimum absolute atomic E-state index is 0.128. The van der Waals surface area contributed by atoms with Crippen LogP contribution in [0.1, 0.15) is 26.2 Å². The van der Waals surface area contributed by atoms with Gasteiger partial charge in [0.1, 0.15) is 5.75 Å². The van der Waals surface area contributed by atoms with Gasteiger partial charge < -0.3 is 14.4 Å². The molecule has 3 rings (SSSR count). The number of carbonyl (C=O) groups is 1. The summed E-state index contributed by atoms with van der Waals surface area (Å²) in [6.45, 7) is 3.88. The van der Waals surface area contributed by atoms with E-state index >= 15 is 0 Å². The summed E-state index contributed by atoms with van der Waals surface area (Å²) in [7, 11) is 0. The summed E-state index contributed by atoms with van der Waals surface area (Å²) in [5.74, 6) is 0.803. The average molecular weight is 261 g/mol. The van der Waals surface area contributed by atoms with Gasteiger partial charge in [-0.05, 0) is 38.3 Å². The van der Waals surface area contributed by atoms with Crippen LogP contribution < -0.4 is 9.64 Å². The number of aldehydes is 1. The molecule has 0 spiro atoms. The van der Waals surface area contributed by atoms with Crippen LogP contribution in [0.5, 0.6) is 5.75 Å². The Bertz CT molecular complexity index is 470. The van der Waals surface area contributed by atoms with Gasteiger partial charge in [0.05, 0.1) is 17.9 Å². The van der Waals surface area contributed by atoms with Gasteiger partial charge in [-0.25, -0.2) is 0 Å². The van der Waals surface area contributed by atoms with Crippen molar-refractivity contribution in [2.45, 2.75) is 38.0 Å². The molecule has 2 aliphatic rings. The molecule has 2 atom stereocenters. The maximum atomic E-state index is 11.1. The summed E-state index contributed by atoms with van der Waals surface area (Å²) in [4.78, 5) is 13.1. The molecule has 0 bridgehead atoms. The van der Waals surface area contributed by atoms with Crippen LogP contribution in [0.2, 0.25) is 0 Å². The van der Waals surface area contributed by atoms with Crippen LogP contribution in [-0.4, -0.2) is 31.3 Å². The highest BCUT2D eigenvalue weighted by Crippen LogP contribution is 2.37. The molecule has 102 valence electrons. The maximum Gasteiger partial charge on any atom is 0.229 e. The van der Waals surface area contributed by atoms with E-state index in [0.717, 1.165) is 50.1 Å². The Morgan fingerprint density at radius 1 is 1.42 bits per heavy atom. The second-order valence-corrected chi connectivity index (χ2v) is 5.50. The van der Waals surface area contributed by atoms with Gasteiger partial charge in [0, 0.05) is 6.54 Å². The summed E-state index contributed by atoms with van der Waals surface area (Å²) in [5.41, 5.74) is 1.15. The molecule has 4 heteroatoms. The number of carbonyl (C=O) groups excluding carboxylic acids is 1. The lowest BCUT2D eigenvalue weighted by Gasteiger charge is -2.21. The van der Waals surface area contributed by atoms with Crippen LogP contribution in [0, 0.1) is 0 Å². The van der Waals surface area contributed by atoms with Gasteiger partial charge in [-0.2, -0.15) is 0 Å².